The van der Waals surface area contributed by atoms with Crippen LogP contribution >= 0.6 is 0 Å². The zero-order valence-corrected chi connectivity index (χ0v) is 22.1. The van der Waals surface area contributed by atoms with Crippen molar-refractivity contribution in [1.29, 1.82) is 0 Å². The highest BCUT2D eigenvalue weighted by Gasteiger charge is 2.37. The second kappa shape index (κ2) is 12.6. The Hall–Kier alpha value is -2.77. The highest BCUT2D eigenvalue weighted by atomic mass is 16.6. The number of alkyl carbamates (subject to hydrolysis) is 1. The number of carbonyl (C=O) groups is 3. The van der Waals surface area contributed by atoms with E-state index in [2.05, 4.69) is 24.5 Å². The molecule has 3 atom stereocenters. The Morgan fingerprint density at radius 3 is 2.12 bits per heavy atom. The molecular weight excluding hydrogens is 434 g/mol. The summed E-state index contributed by atoms with van der Waals surface area (Å²) in [6, 6.07) is 4.01. The summed E-state index contributed by atoms with van der Waals surface area (Å²) in [5, 5.41) is 15.6. The predicted octanol–water partition coefficient (Wildman–Crippen LogP) is 4.52. The molecule has 3 N–H and O–H groups in total. The minimum atomic E-state index is -0.980. The summed E-state index contributed by atoms with van der Waals surface area (Å²) < 4.78 is 5.31. The Morgan fingerprint density at radius 1 is 1.00 bits per heavy atom. The van der Waals surface area contributed by atoms with Crippen LogP contribution in [0.3, 0.4) is 0 Å². The zero-order chi connectivity index (χ0) is 26.2. The van der Waals surface area contributed by atoms with Gasteiger partial charge < -0.3 is 25.4 Å². The van der Waals surface area contributed by atoms with Gasteiger partial charge in [-0.2, -0.15) is 0 Å². The third kappa shape index (κ3) is 9.61. The number of aromatic hydroxyl groups is 1. The van der Waals surface area contributed by atoms with Crippen molar-refractivity contribution in [3.05, 3.63) is 29.8 Å². The number of rotatable bonds is 10. The van der Waals surface area contributed by atoms with Crippen molar-refractivity contribution in [2.75, 3.05) is 0 Å². The third-order valence-corrected chi connectivity index (χ3v) is 5.14. The molecule has 0 radical (unpaired) electrons. The number of phenols is 1. The molecule has 34 heavy (non-hydrogen) atoms. The van der Waals surface area contributed by atoms with Gasteiger partial charge in [-0.05, 0) is 84.9 Å². The fraction of sp³-hybridized carbons (Fsp3) is 0.654. The van der Waals surface area contributed by atoms with Crippen LogP contribution in [0.2, 0.25) is 0 Å². The van der Waals surface area contributed by atoms with Crippen LogP contribution in [0.25, 0.3) is 0 Å². The van der Waals surface area contributed by atoms with Crippen LogP contribution < -0.4 is 10.6 Å². The van der Waals surface area contributed by atoms with Crippen molar-refractivity contribution in [3.8, 4) is 5.75 Å². The van der Waals surface area contributed by atoms with E-state index in [1.54, 1.807) is 39.8 Å². The number of hydrogen-bond donors (Lipinski definition) is 3. The summed E-state index contributed by atoms with van der Waals surface area (Å²) in [6.45, 7) is 16.6. The van der Waals surface area contributed by atoms with E-state index in [-0.39, 0.29) is 23.7 Å². The minimum Gasteiger partial charge on any atom is -0.508 e. The molecule has 0 fully saturated rings. The molecule has 0 saturated carbocycles. The Kier molecular flexibility index (Phi) is 10.9. The van der Waals surface area contributed by atoms with Gasteiger partial charge in [-0.1, -0.05) is 26.0 Å². The molecule has 1 aromatic rings. The summed E-state index contributed by atoms with van der Waals surface area (Å²) in [5.74, 6) is -0.341. The summed E-state index contributed by atoms with van der Waals surface area (Å²) in [5.41, 5.74) is -0.217. The number of benzene rings is 1. The Bertz CT molecular complexity index is 832. The number of amides is 3. The normalized spacial score (nSPS) is 14.3. The first kappa shape index (κ1) is 29.3. The highest BCUT2D eigenvalue weighted by molar-refractivity contribution is 5.92. The number of carbonyl (C=O) groups excluding carboxylic acids is 3. The van der Waals surface area contributed by atoms with Crippen LogP contribution in [0, 0.1) is 5.92 Å². The van der Waals surface area contributed by atoms with Crippen LogP contribution in [0.5, 0.6) is 5.75 Å². The highest BCUT2D eigenvalue weighted by Crippen LogP contribution is 2.29. The molecule has 0 aliphatic rings. The summed E-state index contributed by atoms with van der Waals surface area (Å²) in [4.78, 5) is 41.0. The molecule has 0 saturated heterocycles. The molecule has 8 nitrogen and oxygen atoms in total. The average molecular weight is 478 g/mol. The second-order valence-corrected chi connectivity index (χ2v) is 10.6. The largest absolute Gasteiger partial charge is 0.508 e. The van der Waals surface area contributed by atoms with Gasteiger partial charge in [0.25, 0.3) is 0 Å². The number of nitrogens with one attached hydrogen (secondary N) is 2. The zero-order valence-electron chi connectivity index (χ0n) is 22.1. The quantitative estimate of drug-likeness (QED) is 0.459. The second-order valence-electron chi connectivity index (χ2n) is 10.6. The molecular formula is C26H43N3O5. The Labute approximate surface area is 204 Å². The van der Waals surface area contributed by atoms with Gasteiger partial charge in [0.05, 0.1) is 0 Å². The lowest BCUT2D eigenvalue weighted by atomic mass is 9.97. The molecule has 3 unspecified atom stereocenters. The average Bonchev–Trinajstić information content (AvgIpc) is 2.67. The van der Waals surface area contributed by atoms with Gasteiger partial charge >= 0.3 is 6.09 Å². The van der Waals surface area contributed by atoms with Gasteiger partial charge in [-0.25, -0.2) is 4.79 Å². The smallest absolute Gasteiger partial charge is 0.408 e. The minimum absolute atomic E-state index is 0.00186. The maximum atomic E-state index is 13.7. The van der Waals surface area contributed by atoms with Crippen LogP contribution in [0.15, 0.2) is 24.3 Å². The van der Waals surface area contributed by atoms with E-state index < -0.39 is 29.7 Å². The molecule has 1 rings (SSSR count). The molecule has 0 aliphatic carbocycles. The molecule has 0 aliphatic heterocycles. The first-order valence-corrected chi connectivity index (χ1v) is 12.0. The molecule has 0 bridgehead atoms. The van der Waals surface area contributed by atoms with Crippen molar-refractivity contribution >= 4 is 17.9 Å². The fourth-order valence-electron chi connectivity index (χ4n) is 3.58. The van der Waals surface area contributed by atoms with Gasteiger partial charge in [0.15, 0.2) is 0 Å². The number of hydrogen-bond acceptors (Lipinski definition) is 5. The van der Waals surface area contributed by atoms with E-state index in [0.717, 1.165) is 6.42 Å². The first-order valence-electron chi connectivity index (χ1n) is 12.0. The summed E-state index contributed by atoms with van der Waals surface area (Å²) in [6.07, 6.45) is 0.827. The molecule has 0 spiro atoms. The van der Waals surface area contributed by atoms with Crippen molar-refractivity contribution in [3.63, 3.8) is 0 Å². The lowest BCUT2D eigenvalue weighted by Gasteiger charge is -2.38. The van der Waals surface area contributed by atoms with Crippen molar-refractivity contribution in [1.82, 2.24) is 15.5 Å². The van der Waals surface area contributed by atoms with E-state index in [9.17, 15) is 19.5 Å². The summed E-state index contributed by atoms with van der Waals surface area (Å²) >= 11 is 0. The fourth-order valence-corrected chi connectivity index (χ4v) is 3.58. The van der Waals surface area contributed by atoms with Crippen LogP contribution in [0.1, 0.15) is 86.8 Å². The lowest BCUT2D eigenvalue weighted by molar-refractivity contribution is -0.145. The van der Waals surface area contributed by atoms with Crippen molar-refractivity contribution in [2.45, 2.75) is 105 Å². The predicted molar refractivity (Wildman–Crippen MR) is 133 cm³/mol. The molecule has 192 valence electrons. The SMILES string of the molecule is CC(C)CCC(C)N(C(=O)C(C)NC(=O)OC(C)(C)C)C(C(=O)NC(C)C)c1cccc(O)c1. The van der Waals surface area contributed by atoms with E-state index in [1.165, 1.54) is 17.0 Å². The third-order valence-electron chi connectivity index (χ3n) is 5.14. The summed E-state index contributed by atoms with van der Waals surface area (Å²) in [7, 11) is 0. The van der Waals surface area contributed by atoms with E-state index in [1.807, 2.05) is 20.8 Å². The molecule has 0 heterocycles. The molecule has 0 aromatic heterocycles. The Morgan fingerprint density at radius 2 is 1.62 bits per heavy atom. The first-order chi connectivity index (χ1) is 15.6. The standard InChI is InChI=1S/C26H43N3O5/c1-16(2)13-14-18(5)29(24(32)19(6)28-25(33)34-26(7,8)9)22(23(31)27-17(3)4)20-11-10-12-21(30)15-20/h10-12,15-19,22,30H,13-14H2,1-9H3,(H,27,31)(H,28,33). The van der Waals surface area contributed by atoms with Gasteiger partial charge in [0, 0.05) is 12.1 Å². The molecule has 1 aromatic carbocycles. The molecule has 3 amide bonds. The van der Waals surface area contributed by atoms with Crippen LogP contribution in [0.4, 0.5) is 4.79 Å². The van der Waals surface area contributed by atoms with Crippen molar-refractivity contribution < 1.29 is 24.2 Å². The Balaban J connectivity index is 3.42. The van der Waals surface area contributed by atoms with Crippen molar-refractivity contribution in [2.24, 2.45) is 5.92 Å². The van der Waals surface area contributed by atoms with Crippen LogP contribution in [-0.4, -0.2) is 51.6 Å². The maximum absolute atomic E-state index is 13.7. The number of phenolic OH excluding ortho intramolecular Hbond substituents is 1. The van der Waals surface area contributed by atoms with Crippen LogP contribution in [-0.2, 0) is 14.3 Å². The van der Waals surface area contributed by atoms with E-state index in [4.69, 9.17) is 4.74 Å². The number of ether oxygens (including phenoxy) is 1. The number of nitrogens with zero attached hydrogens (tertiary/aromatic N) is 1. The monoisotopic (exact) mass is 477 g/mol. The van der Waals surface area contributed by atoms with Gasteiger partial charge in [-0.3, -0.25) is 9.59 Å². The van der Waals surface area contributed by atoms with E-state index in [0.29, 0.717) is 17.9 Å². The van der Waals surface area contributed by atoms with E-state index >= 15 is 0 Å². The van der Waals surface area contributed by atoms with Gasteiger partial charge in [-0.15, -0.1) is 0 Å². The lowest BCUT2D eigenvalue weighted by Crippen LogP contribution is -2.55. The molecule has 8 heteroatoms. The maximum Gasteiger partial charge on any atom is 0.408 e. The van der Waals surface area contributed by atoms with Gasteiger partial charge in [0.1, 0.15) is 23.4 Å². The topological polar surface area (TPSA) is 108 Å². The van der Waals surface area contributed by atoms with Gasteiger partial charge in [0.2, 0.25) is 11.8 Å².